The monoisotopic (exact) mass is 827 g/mol. The average molecular weight is 828 g/mol. The maximum Gasteiger partial charge on any atom is 0.149 e. The summed E-state index contributed by atoms with van der Waals surface area (Å²) in [7, 11) is 0. The average Bonchev–Trinajstić information content (AvgIpc) is 3.72. The molecule has 64 heavy (non-hydrogen) atoms. The Hall–Kier alpha value is -7.82. The highest BCUT2D eigenvalue weighted by molar-refractivity contribution is 5.99. The Bertz CT molecular complexity index is 3310. The van der Waals surface area contributed by atoms with Crippen LogP contribution in [-0.2, 0) is 5.41 Å². The van der Waals surface area contributed by atoms with Crippen molar-refractivity contribution in [2.24, 2.45) is 0 Å². The van der Waals surface area contributed by atoms with Gasteiger partial charge in [0, 0.05) is 22.9 Å². The Morgan fingerprint density at radius 3 is 1.67 bits per heavy atom. The van der Waals surface area contributed by atoms with Gasteiger partial charge in [0.25, 0.3) is 0 Å². The Morgan fingerprint density at radius 1 is 0.453 bits per heavy atom. The lowest BCUT2D eigenvalue weighted by atomic mass is 9.79. The molecule has 10 rings (SSSR count). The molecule has 0 aliphatic heterocycles. The van der Waals surface area contributed by atoms with Gasteiger partial charge in [-0.2, -0.15) is 0 Å². The largest absolute Gasteiger partial charge is 0.507 e. The van der Waals surface area contributed by atoms with Crippen molar-refractivity contribution in [3.05, 3.63) is 217 Å². The molecule has 2 aromatic heterocycles. The zero-order valence-electron chi connectivity index (χ0n) is 36.8. The second kappa shape index (κ2) is 16.5. The number of nitrogens with zero attached hydrogens (tertiary/aromatic N) is 3. The van der Waals surface area contributed by atoms with Crippen LogP contribution in [0.4, 0.5) is 0 Å². The molecule has 1 N–H and O–H groups in total. The number of fused-ring (bicyclic) bond motifs is 1. The van der Waals surface area contributed by atoms with Gasteiger partial charge in [0.05, 0.1) is 28.0 Å². The molecule has 0 spiro atoms. The highest BCUT2D eigenvalue weighted by Gasteiger charge is 2.27. The van der Waals surface area contributed by atoms with E-state index in [4.69, 9.17) is 9.97 Å². The van der Waals surface area contributed by atoms with Gasteiger partial charge in [-0.3, -0.25) is 9.55 Å². The zero-order chi connectivity index (χ0) is 44.0. The van der Waals surface area contributed by atoms with E-state index in [0.717, 1.165) is 94.7 Å². The van der Waals surface area contributed by atoms with Crippen molar-refractivity contribution in [1.29, 1.82) is 0 Å². The zero-order valence-corrected chi connectivity index (χ0v) is 36.8. The topological polar surface area (TPSA) is 50.9 Å². The Labute approximate surface area is 375 Å². The molecular formula is C60H49N3O. The predicted octanol–water partition coefficient (Wildman–Crippen LogP) is 15.7. The summed E-state index contributed by atoms with van der Waals surface area (Å²) in [5.74, 6) is 0.889. The smallest absolute Gasteiger partial charge is 0.149 e. The summed E-state index contributed by atoms with van der Waals surface area (Å²) in [6, 6.07) is 68.5. The molecular weight excluding hydrogens is 779 g/mol. The van der Waals surface area contributed by atoms with Gasteiger partial charge >= 0.3 is 0 Å². The van der Waals surface area contributed by atoms with E-state index in [9.17, 15) is 5.11 Å². The van der Waals surface area contributed by atoms with Crippen LogP contribution in [0.1, 0.15) is 37.5 Å². The Balaban J connectivity index is 1.29. The molecule has 0 saturated heterocycles. The first-order valence-electron chi connectivity index (χ1n) is 22.0. The molecule has 0 radical (unpaired) electrons. The maximum absolute atomic E-state index is 12.0. The van der Waals surface area contributed by atoms with Crippen LogP contribution in [0.15, 0.2) is 200 Å². The third-order valence-electron chi connectivity index (χ3n) is 12.2. The van der Waals surface area contributed by atoms with E-state index in [1.54, 1.807) is 0 Å². The minimum atomic E-state index is -0.164. The number of imidazole rings is 1. The predicted molar refractivity (Wildman–Crippen MR) is 267 cm³/mol. The molecule has 4 heteroatoms. The number of pyridine rings is 1. The molecule has 0 fully saturated rings. The minimum Gasteiger partial charge on any atom is -0.507 e. The highest BCUT2D eigenvalue weighted by Crippen LogP contribution is 2.45. The van der Waals surface area contributed by atoms with Crippen LogP contribution in [0.25, 0.3) is 95.0 Å². The standard InChI is InChI=1S/C60H49N3O/c1-39-31-40(2)58(64)52(32-39)59-62-57-49(47-33-46(42-21-12-7-13-22-42)34-48(35-47)54-36-45(29-30-61-54)41-19-10-6-11-20-41)27-18-28-55(57)63(59)56-38-50(43-23-14-8-15-24-43)53(60(3,4)5)37-51(56)44-25-16-9-17-26-44/h6-38,64H,1-5H3. The molecule has 0 aliphatic carbocycles. The molecule has 0 unspecified atom stereocenters. The number of para-hydroxylation sites is 1. The lowest BCUT2D eigenvalue weighted by molar-refractivity contribution is 0.472. The lowest BCUT2D eigenvalue weighted by Gasteiger charge is -2.27. The number of benzene rings is 8. The van der Waals surface area contributed by atoms with Gasteiger partial charge in [-0.05, 0) is 135 Å². The summed E-state index contributed by atoms with van der Waals surface area (Å²) < 4.78 is 2.28. The van der Waals surface area contributed by atoms with Crippen LogP contribution in [0, 0.1) is 13.8 Å². The third kappa shape index (κ3) is 7.58. The summed E-state index contributed by atoms with van der Waals surface area (Å²) in [5, 5.41) is 12.0. The van der Waals surface area contributed by atoms with Crippen LogP contribution < -0.4 is 0 Å². The number of aryl methyl sites for hydroxylation is 2. The number of hydrogen-bond acceptors (Lipinski definition) is 3. The molecule has 0 saturated carbocycles. The summed E-state index contributed by atoms with van der Waals surface area (Å²) in [6.07, 6.45) is 1.90. The number of aromatic hydroxyl groups is 1. The first-order chi connectivity index (χ1) is 31.1. The van der Waals surface area contributed by atoms with Crippen molar-refractivity contribution in [2.45, 2.75) is 40.0 Å². The molecule has 10 aromatic rings. The summed E-state index contributed by atoms with van der Waals surface area (Å²) in [5.41, 5.74) is 19.2. The summed E-state index contributed by atoms with van der Waals surface area (Å²) in [4.78, 5) is 10.6. The van der Waals surface area contributed by atoms with Crippen LogP contribution in [0.2, 0.25) is 0 Å². The fourth-order valence-electron chi connectivity index (χ4n) is 9.11. The quantitative estimate of drug-likeness (QED) is 0.166. The molecule has 0 atom stereocenters. The van der Waals surface area contributed by atoms with E-state index in [2.05, 4.69) is 214 Å². The first-order valence-corrected chi connectivity index (χ1v) is 22.0. The number of phenols is 1. The second-order valence-corrected chi connectivity index (χ2v) is 17.8. The Kier molecular flexibility index (Phi) is 10.4. The number of hydrogen-bond donors (Lipinski definition) is 1. The van der Waals surface area contributed by atoms with E-state index in [0.29, 0.717) is 11.4 Å². The van der Waals surface area contributed by atoms with Crippen molar-refractivity contribution in [3.63, 3.8) is 0 Å². The first kappa shape index (κ1) is 40.3. The van der Waals surface area contributed by atoms with Crippen molar-refractivity contribution in [3.8, 4) is 89.7 Å². The molecule has 2 heterocycles. The van der Waals surface area contributed by atoms with Crippen molar-refractivity contribution < 1.29 is 5.11 Å². The van der Waals surface area contributed by atoms with E-state index in [-0.39, 0.29) is 11.2 Å². The van der Waals surface area contributed by atoms with E-state index < -0.39 is 0 Å². The molecule has 0 amide bonds. The molecule has 0 aliphatic rings. The number of phenolic OH excluding ortho intramolecular Hbond substituents is 1. The van der Waals surface area contributed by atoms with Crippen LogP contribution in [-0.4, -0.2) is 19.6 Å². The van der Waals surface area contributed by atoms with Gasteiger partial charge < -0.3 is 5.11 Å². The fourth-order valence-corrected chi connectivity index (χ4v) is 9.11. The second-order valence-electron chi connectivity index (χ2n) is 17.8. The van der Waals surface area contributed by atoms with Crippen LogP contribution >= 0.6 is 0 Å². The van der Waals surface area contributed by atoms with E-state index in [1.165, 1.54) is 5.56 Å². The summed E-state index contributed by atoms with van der Waals surface area (Å²) >= 11 is 0. The molecule has 8 aromatic carbocycles. The van der Waals surface area contributed by atoms with Crippen molar-refractivity contribution in [1.82, 2.24) is 14.5 Å². The fraction of sp³-hybridized carbons (Fsp3) is 0.100. The van der Waals surface area contributed by atoms with Gasteiger partial charge in [-0.25, -0.2) is 4.98 Å². The minimum absolute atomic E-state index is 0.164. The van der Waals surface area contributed by atoms with Gasteiger partial charge in [0.15, 0.2) is 0 Å². The molecule has 4 nitrogen and oxygen atoms in total. The maximum atomic E-state index is 12.0. The van der Waals surface area contributed by atoms with E-state index >= 15 is 0 Å². The van der Waals surface area contributed by atoms with Crippen molar-refractivity contribution >= 4 is 11.0 Å². The van der Waals surface area contributed by atoms with Gasteiger partial charge in [-0.15, -0.1) is 0 Å². The van der Waals surface area contributed by atoms with Crippen LogP contribution in [0.3, 0.4) is 0 Å². The Morgan fingerprint density at radius 2 is 1.03 bits per heavy atom. The SMILES string of the molecule is Cc1cc(C)c(O)c(-c2nc3c(-c4cc(-c5ccccc5)cc(-c5cc(-c6ccccc6)ccn5)c4)cccc3n2-c2cc(-c3ccccc3)c(C(C)(C)C)cc2-c2ccccc2)c1. The summed E-state index contributed by atoms with van der Waals surface area (Å²) in [6.45, 7) is 10.9. The highest BCUT2D eigenvalue weighted by atomic mass is 16.3. The molecule has 310 valence electrons. The van der Waals surface area contributed by atoms with Crippen LogP contribution in [0.5, 0.6) is 5.75 Å². The normalized spacial score (nSPS) is 11.6. The third-order valence-corrected chi connectivity index (χ3v) is 12.2. The number of aromatic nitrogens is 3. The molecule has 0 bridgehead atoms. The number of rotatable bonds is 8. The lowest BCUT2D eigenvalue weighted by Crippen LogP contribution is -2.14. The van der Waals surface area contributed by atoms with E-state index in [1.807, 2.05) is 25.3 Å². The van der Waals surface area contributed by atoms with Gasteiger partial charge in [0.2, 0.25) is 0 Å². The van der Waals surface area contributed by atoms with Gasteiger partial charge in [-0.1, -0.05) is 160 Å². The van der Waals surface area contributed by atoms with Crippen molar-refractivity contribution in [2.75, 3.05) is 0 Å². The van der Waals surface area contributed by atoms with Gasteiger partial charge in [0.1, 0.15) is 11.6 Å².